The second kappa shape index (κ2) is 6.08. The first kappa shape index (κ1) is 15.9. The number of hydrogen-bond acceptors (Lipinski definition) is 2. The Balaban J connectivity index is 2.12. The Morgan fingerprint density at radius 2 is 1.95 bits per heavy atom. The molecule has 1 aromatic rings. The molecule has 1 unspecified atom stereocenters. The van der Waals surface area contributed by atoms with Gasteiger partial charge in [0.25, 0.3) is 5.91 Å². The van der Waals surface area contributed by atoms with Gasteiger partial charge in [-0.15, -0.1) is 0 Å². The van der Waals surface area contributed by atoms with Crippen molar-refractivity contribution in [3.05, 3.63) is 29.3 Å². The highest BCUT2D eigenvalue weighted by molar-refractivity contribution is 5.96. The summed E-state index contributed by atoms with van der Waals surface area (Å²) in [5.74, 6) is 0.918. The first-order valence-electron chi connectivity index (χ1n) is 7.88. The van der Waals surface area contributed by atoms with Crippen LogP contribution in [0.25, 0.3) is 0 Å². The van der Waals surface area contributed by atoms with Crippen LogP contribution in [0.3, 0.4) is 0 Å². The molecule has 0 spiro atoms. The van der Waals surface area contributed by atoms with Gasteiger partial charge in [0.15, 0.2) is 0 Å². The smallest absolute Gasteiger partial charge is 0.254 e. The van der Waals surface area contributed by atoms with Gasteiger partial charge < -0.3 is 10.0 Å². The van der Waals surface area contributed by atoms with Crippen molar-refractivity contribution in [1.82, 2.24) is 4.90 Å². The maximum absolute atomic E-state index is 12.7. The van der Waals surface area contributed by atoms with E-state index in [1.54, 1.807) is 19.1 Å². The van der Waals surface area contributed by atoms with Gasteiger partial charge >= 0.3 is 0 Å². The Bertz CT molecular complexity index is 516. The van der Waals surface area contributed by atoms with Crippen LogP contribution in [0.1, 0.15) is 56.0 Å². The van der Waals surface area contributed by atoms with Gasteiger partial charge in [-0.1, -0.05) is 26.8 Å². The number of carbonyl (C=O) groups is 1. The van der Waals surface area contributed by atoms with E-state index in [0.29, 0.717) is 22.5 Å². The average Bonchev–Trinajstić information content (AvgIpc) is 2.66. The van der Waals surface area contributed by atoms with E-state index >= 15 is 0 Å². The van der Waals surface area contributed by atoms with Crippen molar-refractivity contribution < 1.29 is 9.90 Å². The minimum absolute atomic E-state index is 0.0537. The van der Waals surface area contributed by atoms with Crippen molar-refractivity contribution in [1.29, 1.82) is 0 Å². The zero-order valence-corrected chi connectivity index (χ0v) is 13.6. The number of hydrogen-bond donors (Lipinski definition) is 1. The molecule has 0 bridgehead atoms. The first-order chi connectivity index (χ1) is 9.80. The second-order valence-electron chi connectivity index (χ2n) is 7.24. The van der Waals surface area contributed by atoms with Crippen LogP contribution < -0.4 is 0 Å². The summed E-state index contributed by atoms with van der Waals surface area (Å²) in [6.07, 6.45) is 3.31. The fourth-order valence-electron chi connectivity index (χ4n) is 3.19. The zero-order chi connectivity index (χ0) is 15.6. The molecular weight excluding hydrogens is 262 g/mol. The molecule has 0 aromatic heterocycles. The number of carbonyl (C=O) groups excluding carboxylic acids is 1. The lowest BCUT2D eigenvalue weighted by atomic mass is 9.77. The average molecular weight is 289 g/mol. The van der Waals surface area contributed by atoms with Crippen molar-refractivity contribution in [2.45, 2.75) is 47.0 Å². The molecule has 1 N–H and O–H groups in total. The minimum Gasteiger partial charge on any atom is -0.508 e. The number of phenols is 1. The van der Waals surface area contributed by atoms with E-state index in [-0.39, 0.29) is 11.7 Å². The summed E-state index contributed by atoms with van der Waals surface area (Å²) in [5.41, 5.74) is 1.61. The molecule has 0 aliphatic carbocycles. The Morgan fingerprint density at radius 3 is 2.62 bits per heavy atom. The van der Waals surface area contributed by atoms with Crippen molar-refractivity contribution >= 4 is 5.91 Å². The Kier molecular flexibility index (Phi) is 4.60. The van der Waals surface area contributed by atoms with Crippen molar-refractivity contribution in [3.8, 4) is 5.75 Å². The van der Waals surface area contributed by atoms with Crippen LogP contribution >= 0.6 is 0 Å². The Labute approximate surface area is 128 Å². The third-order valence-electron chi connectivity index (χ3n) is 4.78. The minimum atomic E-state index is 0.0537. The number of likely N-dealkylation sites (tertiary alicyclic amines) is 1. The van der Waals surface area contributed by atoms with Crippen LogP contribution in [0.4, 0.5) is 0 Å². The van der Waals surface area contributed by atoms with E-state index in [9.17, 15) is 9.90 Å². The molecule has 1 amide bonds. The molecule has 0 radical (unpaired) electrons. The number of benzene rings is 1. The highest BCUT2D eigenvalue weighted by atomic mass is 16.3. The SMILES string of the molecule is Cc1c(O)cccc1C(=O)N1CCCC(C(C)(C)C)CC1. The normalized spacial score (nSPS) is 20.2. The lowest BCUT2D eigenvalue weighted by Crippen LogP contribution is -2.33. The lowest BCUT2D eigenvalue weighted by Gasteiger charge is -2.29. The van der Waals surface area contributed by atoms with Crippen LogP contribution in [0.2, 0.25) is 0 Å². The second-order valence-corrected chi connectivity index (χ2v) is 7.24. The van der Waals surface area contributed by atoms with Gasteiger partial charge in [0, 0.05) is 24.2 Å². The Morgan fingerprint density at radius 1 is 1.24 bits per heavy atom. The van der Waals surface area contributed by atoms with Crippen LogP contribution in [-0.4, -0.2) is 29.0 Å². The molecule has 3 nitrogen and oxygen atoms in total. The van der Waals surface area contributed by atoms with Gasteiger partial charge in [-0.05, 0) is 49.7 Å². The molecule has 1 heterocycles. The van der Waals surface area contributed by atoms with Crippen LogP contribution in [0.5, 0.6) is 5.75 Å². The molecule has 0 saturated carbocycles. The molecule has 1 saturated heterocycles. The largest absolute Gasteiger partial charge is 0.508 e. The molecule has 116 valence electrons. The molecule has 2 rings (SSSR count). The van der Waals surface area contributed by atoms with E-state index in [1.165, 1.54) is 6.42 Å². The van der Waals surface area contributed by atoms with Crippen LogP contribution in [-0.2, 0) is 0 Å². The summed E-state index contributed by atoms with van der Waals surface area (Å²) in [6, 6.07) is 5.18. The quantitative estimate of drug-likeness (QED) is 0.849. The number of rotatable bonds is 1. The summed E-state index contributed by atoms with van der Waals surface area (Å²) in [6.45, 7) is 10.3. The zero-order valence-electron chi connectivity index (χ0n) is 13.6. The van der Waals surface area contributed by atoms with E-state index in [4.69, 9.17) is 0 Å². The first-order valence-corrected chi connectivity index (χ1v) is 7.88. The van der Waals surface area contributed by atoms with E-state index in [2.05, 4.69) is 20.8 Å². The van der Waals surface area contributed by atoms with Crippen LogP contribution in [0, 0.1) is 18.3 Å². The highest BCUT2D eigenvalue weighted by Crippen LogP contribution is 2.34. The van der Waals surface area contributed by atoms with E-state index < -0.39 is 0 Å². The van der Waals surface area contributed by atoms with Gasteiger partial charge in [0.05, 0.1) is 0 Å². The summed E-state index contributed by atoms with van der Waals surface area (Å²) in [4.78, 5) is 14.6. The van der Waals surface area contributed by atoms with Crippen molar-refractivity contribution in [2.24, 2.45) is 11.3 Å². The molecular formula is C18H27NO2. The monoisotopic (exact) mass is 289 g/mol. The van der Waals surface area contributed by atoms with Gasteiger partial charge in [0.1, 0.15) is 5.75 Å². The highest BCUT2D eigenvalue weighted by Gasteiger charge is 2.29. The van der Waals surface area contributed by atoms with Gasteiger partial charge in [-0.3, -0.25) is 4.79 Å². The summed E-state index contributed by atoms with van der Waals surface area (Å²) in [5, 5.41) is 9.78. The molecule has 3 heteroatoms. The third kappa shape index (κ3) is 3.58. The molecule has 1 aliphatic rings. The standard InChI is InChI=1S/C18H27NO2/c1-13-15(8-5-9-16(13)20)17(21)19-11-6-7-14(10-12-19)18(2,3)4/h5,8-9,14,20H,6-7,10-12H2,1-4H3. The summed E-state index contributed by atoms with van der Waals surface area (Å²) in [7, 11) is 0. The number of amides is 1. The van der Waals surface area contributed by atoms with E-state index in [0.717, 1.165) is 25.9 Å². The maximum atomic E-state index is 12.7. The molecule has 1 fully saturated rings. The van der Waals surface area contributed by atoms with Gasteiger partial charge in [-0.25, -0.2) is 0 Å². The molecule has 21 heavy (non-hydrogen) atoms. The molecule has 1 aliphatic heterocycles. The fraction of sp³-hybridized carbons (Fsp3) is 0.611. The predicted octanol–water partition coefficient (Wildman–Crippen LogP) is 3.99. The van der Waals surface area contributed by atoms with Crippen molar-refractivity contribution in [2.75, 3.05) is 13.1 Å². The number of phenolic OH excluding ortho intramolecular Hbond substituents is 1. The molecule has 1 aromatic carbocycles. The lowest BCUT2D eigenvalue weighted by molar-refractivity contribution is 0.0754. The summed E-state index contributed by atoms with van der Waals surface area (Å²) >= 11 is 0. The fourth-order valence-corrected chi connectivity index (χ4v) is 3.19. The van der Waals surface area contributed by atoms with Crippen molar-refractivity contribution in [3.63, 3.8) is 0 Å². The number of nitrogens with zero attached hydrogens (tertiary/aromatic N) is 1. The third-order valence-corrected chi connectivity index (χ3v) is 4.78. The Hall–Kier alpha value is -1.51. The molecule has 1 atom stereocenters. The van der Waals surface area contributed by atoms with Gasteiger partial charge in [0.2, 0.25) is 0 Å². The predicted molar refractivity (Wildman–Crippen MR) is 85.5 cm³/mol. The van der Waals surface area contributed by atoms with Crippen LogP contribution in [0.15, 0.2) is 18.2 Å². The maximum Gasteiger partial charge on any atom is 0.254 e. The van der Waals surface area contributed by atoms with Gasteiger partial charge in [-0.2, -0.15) is 0 Å². The number of aromatic hydroxyl groups is 1. The van der Waals surface area contributed by atoms with E-state index in [1.807, 2.05) is 11.0 Å². The topological polar surface area (TPSA) is 40.5 Å². The summed E-state index contributed by atoms with van der Waals surface area (Å²) < 4.78 is 0.